The predicted molar refractivity (Wildman–Crippen MR) is 159 cm³/mol. The molecule has 0 radical (unpaired) electrons. The number of nitrogens with zero attached hydrogens (tertiary/aromatic N) is 2. The van der Waals surface area contributed by atoms with E-state index in [1.54, 1.807) is 12.1 Å². The Hall–Kier alpha value is -3.87. The number of allylic oxidation sites excluding steroid dienone is 3. The number of carbonyl (C=O) groups excluding carboxylic acids is 2. The van der Waals surface area contributed by atoms with E-state index in [1.807, 2.05) is 29.2 Å². The first-order valence-electron chi connectivity index (χ1n) is 14.9. The average Bonchev–Trinajstić information content (AvgIpc) is 3.82. The topological polar surface area (TPSA) is 88.4 Å². The van der Waals surface area contributed by atoms with Gasteiger partial charge in [0.1, 0.15) is 5.75 Å². The lowest BCUT2D eigenvalue weighted by Crippen LogP contribution is -2.40. The van der Waals surface area contributed by atoms with Crippen molar-refractivity contribution in [2.24, 2.45) is 11.1 Å². The lowest BCUT2D eigenvalue weighted by atomic mass is 9.90. The highest BCUT2D eigenvalue weighted by Gasteiger charge is 2.31. The molecule has 41 heavy (non-hydrogen) atoms. The van der Waals surface area contributed by atoms with E-state index in [0.29, 0.717) is 35.8 Å². The van der Waals surface area contributed by atoms with Gasteiger partial charge in [-0.3, -0.25) is 4.79 Å². The number of hydrogen-bond acceptors (Lipinski definition) is 6. The highest BCUT2D eigenvalue weighted by Crippen LogP contribution is 2.44. The molecule has 7 heteroatoms. The van der Waals surface area contributed by atoms with Gasteiger partial charge in [-0.05, 0) is 98.1 Å². The van der Waals surface area contributed by atoms with Gasteiger partial charge in [0.05, 0.1) is 17.9 Å². The summed E-state index contributed by atoms with van der Waals surface area (Å²) in [6, 6.07) is 13.8. The number of rotatable bonds is 6. The smallest absolute Gasteiger partial charge is 0.338 e. The van der Waals surface area contributed by atoms with Gasteiger partial charge in [-0.1, -0.05) is 53.7 Å². The Kier molecular flexibility index (Phi) is 9.89. The number of hydrogen-bond donors (Lipinski definition) is 1. The molecule has 1 saturated heterocycles. The average molecular weight is 557 g/mol. The third-order valence-corrected chi connectivity index (χ3v) is 8.03. The van der Waals surface area contributed by atoms with E-state index in [0.717, 1.165) is 63.6 Å². The van der Waals surface area contributed by atoms with Crippen LogP contribution in [-0.2, 0) is 27.2 Å². The molecule has 1 saturated carbocycles. The Morgan fingerprint density at radius 1 is 1.00 bits per heavy atom. The quantitative estimate of drug-likeness (QED) is 0.263. The summed E-state index contributed by atoms with van der Waals surface area (Å²) in [6.07, 6.45) is 15.6. The minimum absolute atomic E-state index is 0.0693. The number of piperidine rings is 1. The van der Waals surface area contributed by atoms with Crippen molar-refractivity contribution in [3.63, 3.8) is 0 Å². The maximum atomic E-state index is 13.2. The third kappa shape index (κ3) is 8.32. The highest BCUT2D eigenvalue weighted by molar-refractivity contribution is 6.00. The summed E-state index contributed by atoms with van der Waals surface area (Å²) >= 11 is 0. The second-order valence-corrected chi connectivity index (χ2v) is 11.3. The van der Waals surface area contributed by atoms with Crippen molar-refractivity contribution < 1.29 is 24.3 Å². The molecule has 1 aliphatic carbocycles. The van der Waals surface area contributed by atoms with Gasteiger partial charge in [-0.25, -0.2) is 4.79 Å². The molecule has 0 spiro atoms. The van der Waals surface area contributed by atoms with E-state index in [1.165, 1.54) is 5.56 Å². The Morgan fingerprint density at radius 3 is 2.54 bits per heavy atom. The summed E-state index contributed by atoms with van der Waals surface area (Å²) in [6.45, 7) is 1.63. The summed E-state index contributed by atoms with van der Waals surface area (Å²) in [5.41, 5.74) is 3.94. The van der Waals surface area contributed by atoms with E-state index in [2.05, 4.69) is 35.5 Å². The van der Waals surface area contributed by atoms with Crippen molar-refractivity contribution in [2.75, 3.05) is 26.3 Å². The number of esters is 1. The lowest BCUT2D eigenvalue weighted by Gasteiger charge is -2.31. The molecule has 216 valence electrons. The number of aromatic hydroxyl groups is 1. The maximum absolute atomic E-state index is 13.2. The van der Waals surface area contributed by atoms with Crippen LogP contribution in [0.2, 0.25) is 0 Å². The minimum atomic E-state index is -0.373. The molecule has 0 bridgehead atoms. The van der Waals surface area contributed by atoms with E-state index >= 15 is 0 Å². The normalized spacial score (nSPS) is 21.4. The number of phenolic OH excluding ortho intramolecular Hbond substituents is 1. The summed E-state index contributed by atoms with van der Waals surface area (Å²) in [5.74, 6) is 0.514. The van der Waals surface area contributed by atoms with Gasteiger partial charge in [0.2, 0.25) is 0 Å². The van der Waals surface area contributed by atoms with Crippen molar-refractivity contribution in [3.05, 3.63) is 89.0 Å². The molecule has 3 aliphatic rings. The van der Waals surface area contributed by atoms with Gasteiger partial charge in [-0.15, -0.1) is 0 Å². The SMILES string of the molecule is O=C1OCC/C=C/CC/C=C/C(=N/OCC(=O)N2CCC(Cc3ccccc3)CC2)Cc2cc(O)cc(C3CC3)c21. The summed E-state index contributed by atoms with van der Waals surface area (Å²) < 4.78 is 5.62. The molecular weight excluding hydrogens is 516 g/mol. The second-order valence-electron chi connectivity index (χ2n) is 11.3. The molecule has 2 heterocycles. The van der Waals surface area contributed by atoms with Gasteiger partial charge in [0.15, 0.2) is 6.61 Å². The lowest BCUT2D eigenvalue weighted by molar-refractivity contribution is -0.137. The standard InChI is InChI=1S/C34H40N2O5/c37-30-22-28-21-29(12-8-3-1-2-4-9-19-40-34(39)33(28)31(23-30)27-13-14-27)35-41-24-32(38)36-17-15-26(16-18-36)20-25-10-6-5-7-11-25/h2,4-8,10-12,22-23,26-27,37H,1,3,9,13-21,24H2/b4-2+,12-8+,35-29-. The molecule has 2 aromatic rings. The Balaban J connectivity index is 1.25. The number of ether oxygens (including phenoxy) is 1. The molecule has 2 fully saturated rings. The van der Waals surface area contributed by atoms with E-state index in [9.17, 15) is 14.7 Å². The van der Waals surface area contributed by atoms with Gasteiger partial charge in [0, 0.05) is 19.5 Å². The van der Waals surface area contributed by atoms with Crippen LogP contribution in [0.5, 0.6) is 5.75 Å². The van der Waals surface area contributed by atoms with Gasteiger partial charge in [0.25, 0.3) is 5.91 Å². The molecule has 0 unspecified atom stereocenters. The Bertz CT molecular complexity index is 1290. The zero-order valence-electron chi connectivity index (χ0n) is 23.7. The summed E-state index contributed by atoms with van der Waals surface area (Å²) in [5, 5.41) is 14.8. The van der Waals surface area contributed by atoms with Crippen molar-refractivity contribution in [2.45, 2.75) is 63.7 Å². The zero-order chi connectivity index (χ0) is 28.4. The van der Waals surface area contributed by atoms with Crippen LogP contribution in [-0.4, -0.2) is 53.9 Å². The number of phenols is 1. The molecule has 2 aromatic carbocycles. The molecule has 1 amide bonds. The fourth-order valence-corrected chi connectivity index (χ4v) is 5.67. The Labute approximate surface area is 242 Å². The number of oxime groups is 1. The Morgan fingerprint density at radius 2 is 1.76 bits per heavy atom. The summed E-state index contributed by atoms with van der Waals surface area (Å²) in [4.78, 5) is 33.5. The third-order valence-electron chi connectivity index (χ3n) is 8.03. The number of carbonyl (C=O) groups is 2. The van der Waals surface area contributed by atoms with Crippen molar-refractivity contribution in [3.8, 4) is 5.75 Å². The fourth-order valence-electron chi connectivity index (χ4n) is 5.67. The predicted octanol–water partition coefficient (Wildman–Crippen LogP) is 6.12. The number of amides is 1. The van der Waals surface area contributed by atoms with Crippen LogP contribution in [0.4, 0.5) is 0 Å². The van der Waals surface area contributed by atoms with Crippen LogP contribution in [0.25, 0.3) is 0 Å². The number of cyclic esters (lactones) is 1. The van der Waals surface area contributed by atoms with E-state index in [4.69, 9.17) is 9.57 Å². The first kappa shape index (κ1) is 28.7. The monoisotopic (exact) mass is 556 g/mol. The molecule has 5 rings (SSSR count). The molecule has 7 nitrogen and oxygen atoms in total. The minimum Gasteiger partial charge on any atom is -0.508 e. The van der Waals surface area contributed by atoms with Gasteiger partial charge in [-0.2, -0.15) is 0 Å². The maximum Gasteiger partial charge on any atom is 0.338 e. The van der Waals surface area contributed by atoms with Gasteiger partial charge >= 0.3 is 5.97 Å². The van der Waals surface area contributed by atoms with Gasteiger partial charge < -0.3 is 19.6 Å². The van der Waals surface area contributed by atoms with Crippen LogP contribution >= 0.6 is 0 Å². The highest BCUT2D eigenvalue weighted by atomic mass is 16.6. The molecular formula is C34H40N2O5. The van der Waals surface area contributed by atoms with Crippen molar-refractivity contribution >= 4 is 17.6 Å². The first-order chi connectivity index (χ1) is 20.1. The van der Waals surface area contributed by atoms with Crippen molar-refractivity contribution in [1.82, 2.24) is 4.90 Å². The van der Waals surface area contributed by atoms with Crippen LogP contribution in [0, 0.1) is 5.92 Å². The van der Waals surface area contributed by atoms with Crippen LogP contribution in [0.15, 0.2) is 71.9 Å². The summed E-state index contributed by atoms with van der Waals surface area (Å²) in [7, 11) is 0. The first-order valence-corrected chi connectivity index (χ1v) is 14.9. The van der Waals surface area contributed by atoms with E-state index < -0.39 is 0 Å². The van der Waals surface area contributed by atoms with Crippen LogP contribution < -0.4 is 0 Å². The number of benzene rings is 2. The number of likely N-dealkylation sites (tertiary alicyclic amines) is 1. The zero-order valence-corrected chi connectivity index (χ0v) is 23.7. The molecule has 0 aromatic heterocycles. The largest absolute Gasteiger partial charge is 0.508 e. The second kappa shape index (κ2) is 14.2. The van der Waals surface area contributed by atoms with E-state index in [-0.39, 0.29) is 36.6 Å². The fraction of sp³-hybridized carbons (Fsp3) is 0.441. The van der Waals surface area contributed by atoms with Crippen LogP contribution in [0.3, 0.4) is 0 Å². The van der Waals surface area contributed by atoms with Crippen molar-refractivity contribution in [1.29, 1.82) is 0 Å². The number of fused-ring (bicyclic) bond motifs is 1. The molecule has 1 N–H and O–H groups in total. The van der Waals surface area contributed by atoms with Crippen LogP contribution in [0.1, 0.15) is 77.9 Å². The molecule has 2 aliphatic heterocycles. The molecule has 0 atom stereocenters.